The second-order valence-electron chi connectivity index (χ2n) is 4.52. The Morgan fingerprint density at radius 3 is 2.72 bits per heavy atom. The second kappa shape index (κ2) is 6.28. The van der Waals surface area contributed by atoms with Gasteiger partial charge in [0, 0.05) is 25.6 Å². The first-order valence-electron chi connectivity index (χ1n) is 6.32. The molecule has 0 bridgehead atoms. The molecule has 0 fully saturated rings. The summed E-state index contributed by atoms with van der Waals surface area (Å²) >= 11 is 0. The van der Waals surface area contributed by atoms with Crippen LogP contribution in [0.25, 0.3) is 0 Å². The van der Waals surface area contributed by atoms with E-state index < -0.39 is 0 Å². The highest BCUT2D eigenvalue weighted by atomic mass is 16.1. The molecule has 1 amide bonds. The molecule has 0 radical (unpaired) electrons. The lowest BCUT2D eigenvalue weighted by Crippen LogP contribution is -2.25. The number of amides is 1. The van der Waals surface area contributed by atoms with E-state index in [1.807, 2.05) is 32.4 Å². The van der Waals surface area contributed by atoms with Gasteiger partial charge in [0.15, 0.2) is 0 Å². The third kappa shape index (κ3) is 3.38. The molecule has 18 heavy (non-hydrogen) atoms. The summed E-state index contributed by atoms with van der Waals surface area (Å²) in [5.74, 6) is 0.836. The summed E-state index contributed by atoms with van der Waals surface area (Å²) in [6, 6.07) is 0.230. The molecule has 0 aliphatic heterocycles. The van der Waals surface area contributed by atoms with Crippen molar-refractivity contribution in [1.82, 2.24) is 15.1 Å². The predicted octanol–water partition coefficient (Wildman–Crippen LogP) is 1.29. The molecule has 6 nitrogen and oxygen atoms in total. The SMILES string of the molecule is CCNC(=O)CCNc1c(N)c(C)nn1C(C)C. The zero-order valence-corrected chi connectivity index (χ0v) is 11.6. The minimum absolute atomic E-state index is 0.0379. The zero-order chi connectivity index (χ0) is 13.7. The number of hydrogen-bond donors (Lipinski definition) is 3. The average molecular weight is 253 g/mol. The maximum atomic E-state index is 11.3. The van der Waals surface area contributed by atoms with Crippen LogP contribution in [0.1, 0.15) is 38.9 Å². The highest BCUT2D eigenvalue weighted by Crippen LogP contribution is 2.25. The summed E-state index contributed by atoms with van der Waals surface area (Å²) < 4.78 is 1.85. The van der Waals surface area contributed by atoms with Gasteiger partial charge in [-0.1, -0.05) is 0 Å². The van der Waals surface area contributed by atoms with Gasteiger partial charge in [-0.25, -0.2) is 4.68 Å². The minimum Gasteiger partial charge on any atom is -0.394 e. The highest BCUT2D eigenvalue weighted by Gasteiger charge is 2.14. The van der Waals surface area contributed by atoms with E-state index in [1.165, 1.54) is 0 Å². The lowest BCUT2D eigenvalue weighted by Gasteiger charge is -2.13. The summed E-state index contributed by atoms with van der Waals surface area (Å²) in [7, 11) is 0. The topological polar surface area (TPSA) is 85.0 Å². The van der Waals surface area contributed by atoms with Crippen molar-refractivity contribution in [3.63, 3.8) is 0 Å². The number of carbonyl (C=O) groups is 1. The van der Waals surface area contributed by atoms with Crippen molar-refractivity contribution < 1.29 is 4.79 Å². The van der Waals surface area contributed by atoms with Crippen molar-refractivity contribution in [2.75, 3.05) is 24.1 Å². The summed E-state index contributed by atoms with van der Waals surface area (Å²) in [4.78, 5) is 11.3. The van der Waals surface area contributed by atoms with E-state index in [2.05, 4.69) is 15.7 Å². The van der Waals surface area contributed by atoms with E-state index >= 15 is 0 Å². The Kier molecular flexibility index (Phi) is 5.00. The number of rotatable bonds is 6. The molecule has 0 saturated heterocycles. The molecular weight excluding hydrogens is 230 g/mol. The molecule has 6 heteroatoms. The molecule has 0 aliphatic carbocycles. The van der Waals surface area contributed by atoms with Gasteiger partial charge in [-0.3, -0.25) is 4.79 Å². The number of aromatic nitrogens is 2. The normalized spacial score (nSPS) is 10.7. The lowest BCUT2D eigenvalue weighted by atomic mass is 10.3. The smallest absolute Gasteiger partial charge is 0.221 e. The molecule has 1 aromatic heterocycles. The van der Waals surface area contributed by atoms with Crippen LogP contribution in [0.2, 0.25) is 0 Å². The van der Waals surface area contributed by atoms with Crippen molar-refractivity contribution in [2.24, 2.45) is 0 Å². The number of nitrogen functional groups attached to an aromatic ring is 1. The Hall–Kier alpha value is -1.72. The van der Waals surface area contributed by atoms with E-state index in [9.17, 15) is 4.79 Å². The van der Waals surface area contributed by atoms with Crippen LogP contribution in [0.3, 0.4) is 0 Å². The number of nitrogens with two attached hydrogens (primary N) is 1. The first kappa shape index (κ1) is 14.3. The van der Waals surface area contributed by atoms with E-state index in [4.69, 9.17) is 5.73 Å². The molecule has 1 rings (SSSR count). The van der Waals surface area contributed by atoms with Gasteiger partial charge in [0.05, 0.1) is 11.4 Å². The molecule has 0 aliphatic rings. The van der Waals surface area contributed by atoms with E-state index in [0.717, 1.165) is 11.5 Å². The minimum atomic E-state index is 0.0379. The summed E-state index contributed by atoms with van der Waals surface area (Å²) in [5, 5.41) is 10.3. The molecule has 0 aromatic carbocycles. The summed E-state index contributed by atoms with van der Waals surface area (Å²) in [6.45, 7) is 9.07. The fourth-order valence-electron chi connectivity index (χ4n) is 1.69. The number of carbonyl (C=O) groups excluding carboxylic acids is 1. The van der Waals surface area contributed by atoms with Crippen LogP contribution in [0.5, 0.6) is 0 Å². The van der Waals surface area contributed by atoms with Gasteiger partial charge in [0.25, 0.3) is 0 Å². The van der Waals surface area contributed by atoms with Crippen molar-refractivity contribution in [1.29, 1.82) is 0 Å². The quantitative estimate of drug-likeness (QED) is 0.713. The number of nitrogens with one attached hydrogen (secondary N) is 2. The van der Waals surface area contributed by atoms with Crippen LogP contribution in [-0.2, 0) is 4.79 Å². The third-order valence-electron chi connectivity index (χ3n) is 2.64. The zero-order valence-electron chi connectivity index (χ0n) is 11.6. The van der Waals surface area contributed by atoms with Crippen LogP contribution < -0.4 is 16.4 Å². The van der Waals surface area contributed by atoms with Crippen LogP contribution in [-0.4, -0.2) is 28.8 Å². The molecule has 4 N–H and O–H groups in total. The molecule has 1 aromatic rings. The van der Waals surface area contributed by atoms with Gasteiger partial charge < -0.3 is 16.4 Å². The van der Waals surface area contributed by atoms with Gasteiger partial charge in [0.1, 0.15) is 5.82 Å². The lowest BCUT2D eigenvalue weighted by molar-refractivity contribution is -0.120. The van der Waals surface area contributed by atoms with E-state index in [0.29, 0.717) is 25.2 Å². The Morgan fingerprint density at radius 2 is 2.17 bits per heavy atom. The van der Waals surface area contributed by atoms with Gasteiger partial charge in [0.2, 0.25) is 5.91 Å². The molecule has 102 valence electrons. The molecule has 0 unspecified atom stereocenters. The fourth-order valence-corrected chi connectivity index (χ4v) is 1.69. The summed E-state index contributed by atoms with van der Waals surface area (Å²) in [6.07, 6.45) is 0.426. The predicted molar refractivity (Wildman–Crippen MR) is 73.6 cm³/mol. The Morgan fingerprint density at radius 1 is 1.50 bits per heavy atom. The Balaban J connectivity index is 2.64. The van der Waals surface area contributed by atoms with Gasteiger partial charge in [-0.05, 0) is 27.7 Å². The first-order chi connectivity index (χ1) is 8.47. The van der Waals surface area contributed by atoms with Crippen LogP contribution in [0, 0.1) is 6.92 Å². The highest BCUT2D eigenvalue weighted by molar-refractivity contribution is 5.76. The second-order valence-corrected chi connectivity index (χ2v) is 4.52. The van der Waals surface area contributed by atoms with E-state index in [1.54, 1.807) is 0 Å². The van der Waals surface area contributed by atoms with Crippen molar-refractivity contribution in [2.45, 2.75) is 40.2 Å². The maximum absolute atomic E-state index is 11.3. The molecular formula is C12H23N5O. The summed E-state index contributed by atoms with van der Waals surface area (Å²) in [5.41, 5.74) is 7.43. The van der Waals surface area contributed by atoms with Gasteiger partial charge >= 0.3 is 0 Å². The van der Waals surface area contributed by atoms with Crippen LogP contribution in [0.15, 0.2) is 0 Å². The Bertz CT molecular complexity index is 411. The molecule has 0 saturated carbocycles. The maximum Gasteiger partial charge on any atom is 0.221 e. The number of nitrogens with zero attached hydrogens (tertiary/aromatic N) is 2. The Labute approximate surface area is 108 Å². The average Bonchev–Trinajstić information content (AvgIpc) is 2.57. The number of aryl methyl sites for hydroxylation is 1. The van der Waals surface area contributed by atoms with Crippen LogP contribution >= 0.6 is 0 Å². The molecule has 0 spiro atoms. The van der Waals surface area contributed by atoms with Crippen molar-refractivity contribution >= 4 is 17.4 Å². The first-order valence-corrected chi connectivity index (χ1v) is 6.32. The fraction of sp³-hybridized carbons (Fsp3) is 0.667. The third-order valence-corrected chi connectivity index (χ3v) is 2.64. The largest absolute Gasteiger partial charge is 0.394 e. The van der Waals surface area contributed by atoms with Gasteiger partial charge in [-0.2, -0.15) is 5.10 Å². The molecule has 1 heterocycles. The molecule has 0 atom stereocenters. The van der Waals surface area contributed by atoms with E-state index in [-0.39, 0.29) is 11.9 Å². The number of hydrogen-bond acceptors (Lipinski definition) is 4. The van der Waals surface area contributed by atoms with Crippen molar-refractivity contribution in [3.8, 4) is 0 Å². The number of anilines is 2. The standard InChI is InChI=1S/C12H23N5O/c1-5-14-10(18)6-7-15-12-11(13)9(4)16-17(12)8(2)3/h8,15H,5-7,13H2,1-4H3,(H,14,18). The van der Waals surface area contributed by atoms with Crippen LogP contribution in [0.4, 0.5) is 11.5 Å². The van der Waals surface area contributed by atoms with Gasteiger partial charge in [-0.15, -0.1) is 0 Å². The van der Waals surface area contributed by atoms with Crippen molar-refractivity contribution in [3.05, 3.63) is 5.69 Å². The monoisotopic (exact) mass is 253 g/mol.